The van der Waals surface area contributed by atoms with Crippen molar-refractivity contribution in [2.75, 3.05) is 6.61 Å². The SMILES string of the molecule is Cc1ccc(OCC(=O)n2nc(C)c3c(=O)oc(C)cc32)cc1. The number of aryl methyl sites for hydroxylation is 3. The molecule has 0 spiro atoms. The van der Waals surface area contributed by atoms with Crippen LogP contribution in [0.3, 0.4) is 0 Å². The van der Waals surface area contributed by atoms with E-state index in [1.807, 2.05) is 19.1 Å². The predicted octanol–water partition coefficient (Wildman–Crippen LogP) is 2.63. The van der Waals surface area contributed by atoms with Crippen LogP contribution in [-0.4, -0.2) is 22.3 Å². The fourth-order valence-electron chi connectivity index (χ4n) is 2.38. The van der Waals surface area contributed by atoms with Gasteiger partial charge in [-0.05, 0) is 32.9 Å². The summed E-state index contributed by atoms with van der Waals surface area (Å²) in [4.78, 5) is 24.3. The zero-order chi connectivity index (χ0) is 16.6. The minimum absolute atomic E-state index is 0.168. The lowest BCUT2D eigenvalue weighted by Gasteiger charge is -2.06. The molecule has 0 atom stereocenters. The van der Waals surface area contributed by atoms with Gasteiger partial charge in [-0.25, -0.2) is 4.79 Å². The number of carbonyl (C=O) groups excluding carboxylic acids is 1. The molecule has 0 unspecified atom stereocenters. The first kappa shape index (κ1) is 15.0. The van der Waals surface area contributed by atoms with Crippen LogP contribution in [0.1, 0.15) is 21.8 Å². The number of rotatable bonds is 3. The lowest BCUT2D eigenvalue weighted by atomic mass is 10.2. The summed E-state index contributed by atoms with van der Waals surface area (Å²) < 4.78 is 11.7. The number of aromatic nitrogens is 2. The lowest BCUT2D eigenvalue weighted by Crippen LogP contribution is -2.20. The van der Waals surface area contributed by atoms with Gasteiger partial charge in [0.25, 0.3) is 5.91 Å². The molecule has 23 heavy (non-hydrogen) atoms. The van der Waals surface area contributed by atoms with Crippen molar-refractivity contribution in [1.29, 1.82) is 0 Å². The van der Waals surface area contributed by atoms with Gasteiger partial charge < -0.3 is 9.15 Å². The van der Waals surface area contributed by atoms with Crippen LogP contribution in [0.5, 0.6) is 5.75 Å². The molecule has 0 aliphatic rings. The number of hydrogen-bond acceptors (Lipinski definition) is 5. The van der Waals surface area contributed by atoms with E-state index >= 15 is 0 Å². The van der Waals surface area contributed by atoms with Crippen LogP contribution in [0.4, 0.5) is 0 Å². The van der Waals surface area contributed by atoms with E-state index in [-0.39, 0.29) is 12.5 Å². The highest BCUT2D eigenvalue weighted by molar-refractivity contribution is 5.92. The normalized spacial score (nSPS) is 10.9. The molecule has 0 N–H and O–H groups in total. The molecule has 3 aromatic rings. The molecule has 3 rings (SSSR count). The second-order valence-electron chi connectivity index (χ2n) is 5.40. The molecule has 2 aromatic heterocycles. The van der Waals surface area contributed by atoms with Gasteiger partial charge in [0, 0.05) is 6.07 Å². The lowest BCUT2D eigenvalue weighted by molar-refractivity contribution is 0.0826. The van der Waals surface area contributed by atoms with Gasteiger partial charge in [0.05, 0.1) is 11.2 Å². The Balaban J connectivity index is 1.89. The van der Waals surface area contributed by atoms with Gasteiger partial charge in [0.2, 0.25) is 0 Å². The smallest absolute Gasteiger partial charge is 0.347 e. The average molecular weight is 312 g/mol. The summed E-state index contributed by atoms with van der Waals surface area (Å²) in [6.45, 7) is 5.13. The van der Waals surface area contributed by atoms with E-state index in [4.69, 9.17) is 9.15 Å². The maximum absolute atomic E-state index is 12.4. The third-order valence-electron chi connectivity index (χ3n) is 3.51. The molecule has 6 heteroatoms. The largest absolute Gasteiger partial charge is 0.484 e. The van der Waals surface area contributed by atoms with E-state index in [1.54, 1.807) is 32.0 Å². The van der Waals surface area contributed by atoms with Crippen molar-refractivity contribution in [2.45, 2.75) is 20.8 Å². The Hall–Kier alpha value is -2.89. The minimum Gasteiger partial charge on any atom is -0.484 e. The Kier molecular flexibility index (Phi) is 3.73. The van der Waals surface area contributed by atoms with Crippen LogP contribution in [0.25, 0.3) is 10.9 Å². The Morgan fingerprint density at radius 3 is 2.61 bits per heavy atom. The summed E-state index contributed by atoms with van der Waals surface area (Å²) in [7, 11) is 0. The van der Waals surface area contributed by atoms with Crippen molar-refractivity contribution in [2.24, 2.45) is 0 Å². The number of nitrogens with zero attached hydrogens (tertiary/aromatic N) is 2. The van der Waals surface area contributed by atoms with Crippen molar-refractivity contribution in [3.05, 3.63) is 57.8 Å². The molecule has 118 valence electrons. The second-order valence-corrected chi connectivity index (χ2v) is 5.40. The predicted molar refractivity (Wildman–Crippen MR) is 85.0 cm³/mol. The van der Waals surface area contributed by atoms with Crippen LogP contribution >= 0.6 is 0 Å². The summed E-state index contributed by atoms with van der Waals surface area (Å²) in [5.41, 5.74) is 1.52. The number of hydrogen-bond donors (Lipinski definition) is 0. The first-order valence-corrected chi connectivity index (χ1v) is 7.18. The molecule has 0 saturated carbocycles. The van der Waals surface area contributed by atoms with Crippen molar-refractivity contribution < 1.29 is 13.9 Å². The number of benzene rings is 1. The molecule has 6 nitrogen and oxygen atoms in total. The fourth-order valence-corrected chi connectivity index (χ4v) is 2.38. The highest BCUT2D eigenvalue weighted by atomic mass is 16.5. The van der Waals surface area contributed by atoms with Crippen LogP contribution in [-0.2, 0) is 0 Å². The van der Waals surface area contributed by atoms with Crippen LogP contribution in [0, 0.1) is 20.8 Å². The van der Waals surface area contributed by atoms with Crippen LogP contribution in [0.15, 0.2) is 39.5 Å². The maximum atomic E-state index is 12.4. The molecule has 0 aliphatic heterocycles. The molecular weight excluding hydrogens is 296 g/mol. The number of ether oxygens (including phenoxy) is 1. The van der Waals surface area contributed by atoms with E-state index in [0.29, 0.717) is 28.1 Å². The van der Waals surface area contributed by atoms with E-state index in [1.165, 1.54) is 4.68 Å². The minimum atomic E-state index is -0.490. The summed E-state index contributed by atoms with van der Waals surface area (Å²) in [6, 6.07) is 9.03. The van der Waals surface area contributed by atoms with Crippen LogP contribution in [0.2, 0.25) is 0 Å². The van der Waals surface area contributed by atoms with Gasteiger partial charge >= 0.3 is 5.63 Å². The van der Waals surface area contributed by atoms with Gasteiger partial charge in [-0.15, -0.1) is 0 Å². The summed E-state index contributed by atoms with van der Waals surface area (Å²) in [6.07, 6.45) is 0. The molecular formula is C17H16N2O4. The zero-order valence-electron chi connectivity index (χ0n) is 13.1. The summed E-state index contributed by atoms with van der Waals surface area (Å²) in [5, 5.41) is 4.46. The molecule has 0 aliphatic carbocycles. The monoisotopic (exact) mass is 312 g/mol. The van der Waals surface area contributed by atoms with Gasteiger partial charge in [0.1, 0.15) is 16.9 Å². The third-order valence-corrected chi connectivity index (χ3v) is 3.51. The average Bonchev–Trinajstić information content (AvgIpc) is 2.83. The molecule has 0 bridgehead atoms. The zero-order valence-corrected chi connectivity index (χ0v) is 13.1. The molecule has 1 aromatic carbocycles. The van der Waals surface area contributed by atoms with E-state index in [2.05, 4.69) is 5.10 Å². The van der Waals surface area contributed by atoms with Crippen molar-refractivity contribution >= 4 is 16.8 Å². The molecule has 0 amide bonds. The highest BCUT2D eigenvalue weighted by Crippen LogP contribution is 2.16. The third kappa shape index (κ3) is 2.88. The Labute approximate surface area is 132 Å². The first-order chi connectivity index (χ1) is 11.0. The van der Waals surface area contributed by atoms with Gasteiger partial charge in [-0.3, -0.25) is 4.79 Å². The maximum Gasteiger partial charge on any atom is 0.347 e. The molecule has 0 radical (unpaired) electrons. The second kappa shape index (κ2) is 5.72. The first-order valence-electron chi connectivity index (χ1n) is 7.18. The molecule has 2 heterocycles. The Morgan fingerprint density at radius 2 is 1.91 bits per heavy atom. The number of carbonyl (C=O) groups is 1. The van der Waals surface area contributed by atoms with Gasteiger partial charge in [0.15, 0.2) is 6.61 Å². The van der Waals surface area contributed by atoms with Gasteiger partial charge in [-0.1, -0.05) is 17.7 Å². The van der Waals surface area contributed by atoms with Crippen LogP contribution < -0.4 is 10.4 Å². The summed E-state index contributed by atoms with van der Waals surface area (Å²) >= 11 is 0. The van der Waals surface area contributed by atoms with E-state index in [9.17, 15) is 9.59 Å². The number of fused-ring (bicyclic) bond motifs is 1. The topological polar surface area (TPSA) is 74.3 Å². The molecule has 0 fully saturated rings. The van der Waals surface area contributed by atoms with Crippen molar-refractivity contribution in [1.82, 2.24) is 9.78 Å². The fraction of sp³-hybridized carbons (Fsp3) is 0.235. The van der Waals surface area contributed by atoms with Crippen molar-refractivity contribution in [3.8, 4) is 5.75 Å². The van der Waals surface area contributed by atoms with E-state index in [0.717, 1.165) is 5.56 Å². The van der Waals surface area contributed by atoms with Gasteiger partial charge in [-0.2, -0.15) is 9.78 Å². The van der Waals surface area contributed by atoms with Crippen molar-refractivity contribution in [3.63, 3.8) is 0 Å². The standard InChI is InChI=1S/C17H16N2O4/c1-10-4-6-13(7-5-10)22-9-15(20)19-14-8-11(2)23-17(21)16(14)12(3)18-19/h4-8H,9H2,1-3H3. The molecule has 0 saturated heterocycles. The summed E-state index contributed by atoms with van der Waals surface area (Å²) in [5.74, 6) is 0.678. The van der Waals surface area contributed by atoms with E-state index < -0.39 is 5.63 Å². The quantitative estimate of drug-likeness (QED) is 0.743. The Bertz CT molecular complexity index is 936. The Morgan fingerprint density at radius 1 is 1.22 bits per heavy atom. The highest BCUT2D eigenvalue weighted by Gasteiger charge is 2.18.